The molecule has 8 nitrogen and oxygen atoms in total. The van der Waals surface area contributed by atoms with Crippen LogP contribution in [0.15, 0.2) is 30.3 Å². The number of fused-ring (bicyclic) bond motifs is 1. The van der Waals surface area contributed by atoms with Gasteiger partial charge in [-0.2, -0.15) is 13.2 Å². The molecule has 3 amide bonds. The van der Waals surface area contributed by atoms with Crippen LogP contribution in [0.3, 0.4) is 0 Å². The Kier molecular flexibility index (Phi) is 9.33. The van der Waals surface area contributed by atoms with Crippen molar-refractivity contribution in [2.75, 3.05) is 19.7 Å². The minimum atomic E-state index is -4.96. The molecule has 2 heterocycles. The van der Waals surface area contributed by atoms with E-state index in [4.69, 9.17) is 4.74 Å². The van der Waals surface area contributed by atoms with Gasteiger partial charge in [0.2, 0.25) is 11.8 Å². The van der Waals surface area contributed by atoms with Gasteiger partial charge in [-0.15, -0.1) is 0 Å². The van der Waals surface area contributed by atoms with Gasteiger partial charge in [0.25, 0.3) is 0 Å². The average molecular weight is 512 g/mol. The number of hydrogen-bond acceptors (Lipinski definition) is 5. The van der Waals surface area contributed by atoms with Crippen LogP contribution in [-0.4, -0.2) is 77.5 Å². The van der Waals surface area contributed by atoms with Crippen LogP contribution in [0.1, 0.15) is 51.0 Å². The number of benzene rings is 1. The average Bonchev–Trinajstić information content (AvgIpc) is 3.34. The van der Waals surface area contributed by atoms with Crippen molar-refractivity contribution >= 4 is 23.7 Å². The first-order valence-electron chi connectivity index (χ1n) is 12.3. The maximum Gasteiger partial charge on any atom is 0.471 e. The molecule has 0 spiro atoms. The molecule has 2 fully saturated rings. The van der Waals surface area contributed by atoms with Gasteiger partial charge in [-0.1, -0.05) is 30.3 Å². The van der Waals surface area contributed by atoms with Crippen molar-refractivity contribution in [3.05, 3.63) is 35.9 Å². The number of esters is 1. The fourth-order valence-corrected chi connectivity index (χ4v) is 4.88. The van der Waals surface area contributed by atoms with E-state index in [9.17, 15) is 32.3 Å². The van der Waals surface area contributed by atoms with E-state index >= 15 is 0 Å². The van der Waals surface area contributed by atoms with E-state index in [-0.39, 0.29) is 50.6 Å². The molecule has 2 aliphatic heterocycles. The second-order valence-corrected chi connectivity index (χ2v) is 8.99. The van der Waals surface area contributed by atoms with E-state index in [0.717, 1.165) is 5.56 Å². The van der Waals surface area contributed by atoms with Gasteiger partial charge in [0.1, 0.15) is 18.1 Å². The van der Waals surface area contributed by atoms with Gasteiger partial charge in [-0.25, -0.2) is 4.79 Å². The second-order valence-electron chi connectivity index (χ2n) is 8.99. The Hall–Kier alpha value is -3.11. The zero-order valence-corrected chi connectivity index (χ0v) is 20.3. The summed E-state index contributed by atoms with van der Waals surface area (Å²) in [7, 11) is 0. The molecule has 3 atom stereocenters. The summed E-state index contributed by atoms with van der Waals surface area (Å²) in [4.78, 5) is 53.9. The van der Waals surface area contributed by atoms with Gasteiger partial charge in [0.05, 0.1) is 6.61 Å². The molecule has 0 aromatic heterocycles. The number of halogens is 3. The zero-order valence-electron chi connectivity index (χ0n) is 20.3. The molecule has 0 bridgehead atoms. The lowest BCUT2D eigenvalue weighted by Crippen LogP contribution is -2.66. The van der Waals surface area contributed by atoms with Gasteiger partial charge >= 0.3 is 18.1 Å². The van der Waals surface area contributed by atoms with Crippen LogP contribution in [-0.2, 0) is 30.3 Å². The molecule has 11 heteroatoms. The highest BCUT2D eigenvalue weighted by molar-refractivity contribution is 5.99. The van der Waals surface area contributed by atoms with Gasteiger partial charge in [-0.05, 0) is 57.4 Å². The second kappa shape index (κ2) is 12.2. The molecule has 2 unspecified atom stereocenters. The third kappa shape index (κ3) is 6.55. The molecule has 1 aromatic rings. The fraction of sp³-hybridized carbons (Fsp3) is 0.600. The van der Waals surface area contributed by atoms with E-state index in [0.29, 0.717) is 25.8 Å². The van der Waals surface area contributed by atoms with Crippen molar-refractivity contribution in [3.8, 4) is 0 Å². The van der Waals surface area contributed by atoms with E-state index in [1.807, 2.05) is 35.6 Å². The Morgan fingerprint density at radius 1 is 1.14 bits per heavy atom. The van der Waals surface area contributed by atoms with Crippen molar-refractivity contribution in [1.82, 2.24) is 15.1 Å². The number of carbonyl (C=O) groups excluding carboxylic acids is 4. The van der Waals surface area contributed by atoms with E-state index < -0.39 is 36.2 Å². The van der Waals surface area contributed by atoms with Crippen LogP contribution < -0.4 is 5.32 Å². The largest absolute Gasteiger partial charge is 0.471 e. The number of nitrogens with zero attached hydrogens (tertiary/aromatic N) is 2. The van der Waals surface area contributed by atoms with E-state index in [1.165, 1.54) is 4.90 Å². The van der Waals surface area contributed by atoms with Gasteiger partial charge < -0.3 is 19.9 Å². The van der Waals surface area contributed by atoms with Crippen LogP contribution in [0.5, 0.6) is 0 Å². The lowest BCUT2D eigenvalue weighted by Gasteiger charge is -2.45. The summed E-state index contributed by atoms with van der Waals surface area (Å²) < 4.78 is 42.5. The molecule has 0 aliphatic carbocycles. The predicted molar refractivity (Wildman–Crippen MR) is 123 cm³/mol. The molecule has 0 radical (unpaired) electrons. The number of nitrogens with one attached hydrogen (secondary N) is 1. The summed E-state index contributed by atoms with van der Waals surface area (Å²) in [5.74, 6) is -3.15. The Balaban J connectivity index is 1.76. The number of unbranched alkanes of at least 4 members (excludes halogenated alkanes) is 1. The van der Waals surface area contributed by atoms with Crippen LogP contribution in [0.2, 0.25) is 0 Å². The minimum absolute atomic E-state index is 0.121. The maximum atomic E-state index is 13.6. The molecule has 1 aromatic carbocycles. The van der Waals surface area contributed by atoms with Gasteiger partial charge in [0.15, 0.2) is 0 Å². The molecule has 0 saturated carbocycles. The lowest BCUT2D eigenvalue weighted by atomic mass is 9.95. The lowest BCUT2D eigenvalue weighted by molar-refractivity contribution is -0.173. The number of ether oxygens (including phenoxy) is 1. The normalized spacial score (nSPS) is 20.8. The first kappa shape index (κ1) is 27.5. The smallest absolute Gasteiger partial charge is 0.464 e. The van der Waals surface area contributed by atoms with Crippen molar-refractivity contribution in [2.24, 2.45) is 0 Å². The van der Waals surface area contributed by atoms with Crippen molar-refractivity contribution in [3.63, 3.8) is 0 Å². The van der Waals surface area contributed by atoms with Crippen molar-refractivity contribution in [2.45, 2.75) is 76.2 Å². The van der Waals surface area contributed by atoms with Crippen LogP contribution in [0.25, 0.3) is 0 Å². The van der Waals surface area contributed by atoms with Crippen LogP contribution >= 0.6 is 0 Å². The third-order valence-corrected chi connectivity index (χ3v) is 6.59. The molecule has 2 aliphatic rings. The number of rotatable bonds is 11. The topological polar surface area (TPSA) is 96.0 Å². The molecular weight excluding hydrogens is 479 g/mol. The number of aryl methyl sites for hydroxylation is 1. The summed E-state index contributed by atoms with van der Waals surface area (Å²) in [5.41, 5.74) is 0.974. The Labute approximate surface area is 208 Å². The third-order valence-electron chi connectivity index (χ3n) is 6.59. The van der Waals surface area contributed by atoms with Crippen molar-refractivity contribution in [1.29, 1.82) is 0 Å². The summed E-state index contributed by atoms with van der Waals surface area (Å²) in [6.45, 7) is 2.03. The number of hydrogen-bond donors (Lipinski definition) is 1. The molecule has 36 heavy (non-hydrogen) atoms. The zero-order chi connectivity index (χ0) is 26.3. The Morgan fingerprint density at radius 2 is 1.86 bits per heavy atom. The number of alkyl halides is 3. The molecule has 198 valence electrons. The number of carbonyl (C=O) groups is 4. The summed E-state index contributed by atoms with van der Waals surface area (Å²) >= 11 is 0. The van der Waals surface area contributed by atoms with Crippen LogP contribution in [0.4, 0.5) is 13.2 Å². The maximum absolute atomic E-state index is 13.6. The number of amides is 3. The van der Waals surface area contributed by atoms with E-state index in [1.54, 1.807) is 11.8 Å². The Morgan fingerprint density at radius 3 is 2.53 bits per heavy atom. The highest BCUT2D eigenvalue weighted by Gasteiger charge is 2.51. The van der Waals surface area contributed by atoms with Crippen molar-refractivity contribution < 1.29 is 37.1 Å². The Bertz CT molecular complexity index is 941. The summed E-state index contributed by atoms with van der Waals surface area (Å²) in [6.07, 6.45) is -2.36. The molecule has 3 rings (SSSR count). The number of piperazine rings is 1. The quantitative estimate of drug-likeness (QED) is 0.364. The highest BCUT2D eigenvalue weighted by Crippen LogP contribution is 2.32. The molecule has 1 N–H and O–H groups in total. The predicted octanol–water partition coefficient (Wildman–Crippen LogP) is 2.60. The van der Waals surface area contributed by atoms with Crippen LogP contribution in [0, 0.1) is 0 Å². The first-order valence-corrected chi connectivity index (χ1v) is 12.3. The molecular formula is C25H32F3N3O5. The van der Waals surface area contributed by atoms with E-state index in [2.05, 4.69) is 0 Å². The minimum Gasteiger partial charge on any atom is -0.464 e. The standard InChI is InChI=1S/C25H32F3N3O5/c1-2-36-23(34)20(14-13-17-9-4-3-5-10-17)31-19(11-6-7-15-29-24(35)25(26,27)28)21(32)30-16-8-12-18(30)22(31)33/h3-5,9-10,18-20H,2,6-8,11-16H2,1H3,(H,29,35)/t18?,19-,20?/m0/s1. The fourth-order valence-electron chi connectivity index (χ4n) is 4.88. The monoisotopic (exact) mass is 511 g/mol. The SMILES string of the molecule is CCOC(=O)C(CCc1ccccc1)N1C(=O)C2CCCN2C(=O)[C@@H]1CCCCNC(=O)C(F)(F)F. The first-order chi connectivity index (χ1) is 17.1. The summed E-state index contributed by atoms with van der Waals surface area (Å²) in [6, 6.07) is 6.96. The van der Waals surface area contributed by atoms with Gasteiger partial charge in [0, 0.05) is 13.1 Å². The van der Waals surface area contributed by atoms with Gasteiger partial charge in [-0.3, -0.25) is 14.4 Å². The highest BCUT2D eigenvalue weighted by atomic mass is 19.4. The summed E-state index contributed by atoms with van der Waals surface area (Å²) in [5, 5.41) is 1.81. The molecule has 2 saturated heterocycles.